The van der Waals surface area contributed by atoms with Crippen molar-refractivity contribution in [2.45, 2.75) is 11.8 Å². The van der Waals surface area contributed by atoms with Crippen molar-refractivity contribution in [3.8, 4) is 0 Å². The minimum absolute atomic E-state index is 0.0644. The molecule has 0 aliphatic carbocycles. The first-order valence-corrected chi connectivity index (χ1v) is 7.13. The maximum absolute atomic E-state index is 13.6. The quantitative estimate of drug-likeness (QED) is 0.462. The highest BCUT2D eigenvalue weighted by atomic mass is 32.2. The predicted molar refractivity (Wildman–Crippen MR) is 70.8 cm³/mol. The molecule has 0 fully saturated rings. The summed E-state index contributed by atoms with van der Waals surface area (Å²) in [6.07, 6.45) is 0. The highest BCUT2D eigenvalue weighted by Gasteiger charge is 2.19. The molecule has 0 aliphatic rings. The van der Waals surface area contributed by atoms with E-state index in [-0.39, 0.29) is 25.4 Å². The van der Waals surface area contributed by atoms with Crippen molar-refractivity contribution in [2.24, 2.45) is 5.73 Å². The third kappa shape index (κ3) is 4.44. The minimum Gasteiger partial charge on any atom is -0.398 e. The van der Waals surface area contributed by atoms with Gasteiger partial charge in [-0.25, -0.2) is 17.5 Å². The van der Waals surface area contributed by atoms with Crippen molar-refractivity contribution in [1.82, 2.24) is 4.72 Å². The number of hydrogen-bond acceptors (Lipinski definition) is 5. The lowest BCUT2D eigenvalue weighted by molar-refractivity contribution is -0.122. The van der Waals surface area contributed by atoms with Crippen molar-refractivity contribution >= 4 is 21.6 Å². The van der Waals surface area contributed by atoms with Crippen LogP contribution in [0.2, 0.25) is 0 Å². The van der Waals surface area contributed by atoms with Crippen LogP contribution >= 0.6 is 0 Å². The number of nitrogens with one attached hydrogen (secondary N) is 1. The van der Waals surface area contributed by atoms with Gasteiger partial charge in [-0.1, -0.05) is 0 Å². The lowest BCUT2D eigenvalue weighted by Crippen LogP contribution is -2.29. The van der Waals surface area contributed by atoms with E-state index in [1.54, 1.807) is 6.92 Å². The Labute approximate surface area is 116 Å². The molecule has 0 saturated heterocycles. The highest BCUT2D eigenvalue weighted by molar-refractivity contribution is 7.89. The zero-order valence-corrected chi connectivity index (χ0v) is 11.7. The molecule has 20 heavy (non-hydrogen) atoms. The van der Waals surface area contributed by atoms with Crippen LogP contribution in [-0.2, 0) is 19.6 Å². The number of anilines is 1. The lowest BCUT2D eigenvalue weighted by atomic mass is 10.2. The number of primary amides is 1. The molecule has 0 bridgehead atoms. The number of rotatable bonds is 7. The van der Waals surface area contributed by atoms with Gasteiger partial charge in [0.25, 0.3) is 0 Å². The van der Waals surface area contributed by atoms with Gasteiger partial charge in [0.15, 0.2) is 0 Å². The van der Waals surface area contributed by atoms with Crippen LogP contribution in [0.4, 0.5) is 10.1 Å². The maximum Gasteiger partial charge on any atom is 0.243 e. The second kappa shape index (κ2) is 6.64. The Balaban J connectivity index is 2.70. The number of benzene rings is 1. The molecule has 9 heteroatoms. The zero-order valence-electron chi connectivity index (χ0n) is 10.8. The first-order chi connectivity index (χ1) is 9.24. The van der Waals surface area contributed by atoms with E-state index < -0.39 is 26.6 Å². The fraction of sp³-hybridized carbons (Fsp3) is 0.364. The molecule has 0 aromatic heterocycles. The van der Waals surface area contributed by atoms with Crippen LogP contribution in [0, 0.1) is 12.7 Å². The number of aryl methyl sites for hydroxylation is 1. The van der Waals surface area contributed by atoms with E-state index in [0.717, 1.165) is 12.1 Å². The van der Waals surface area contributed by atoms with Gasteiger partial charge in [-0.2, -0.15) is 0 Å². The number of ether oxygens (including phenoxy) is 1. The SMILES string of the molecule is Cc1cc(F)c(S(=O)(=O)NCCOCC(N)=O)cc1N. The fourth-order valence-electron chi connectivity index (χ4n) is 1.37. The minimum atomic E-state index is -4.03. The molecule has 0 aliphatic heterocycles. The van der Waals surface area contributed by atoms with Crippen LogP contribution in [-0.4, -0.2) is 34.1 Å². The Morgan fingerprint density at radius 1 is 1.45 bits per heavy atom. The van der Waals surface area contributed by atoms with Crippen LogP contribution in [0.25, 0.3) is 0 Å². The Morgan fingerprint density at radius 3 is 2.70 bits per heavy atom. The van der Waals surface area contributed by atoms with Gasteiger partial charge in [-0.3, -0.25) is 4.79 Å². The van der Waals surface area contributed by atoms with Gasteiger partial charge >= 0.3 is 0 Å². The monoisotopic (exact) mass is 305 g/mol. The van der Waals surface area contributed by atoms with Crippen molar-refractivity contribution in [3.05, 3.63) is 23.5 Å². The molecule has 0 unspecified atom stereocenters. The summed E-state index contributed by atoms with van der Waals surface area (Å²) in [7, 11) is -4.03. The van der Waals surface area contributed by atoms with Crippen LogP contribution in [0.3, 0.4) is 0 Å². The van der Waals surface area contributed by atoms with Crippen LogP contribution in [0.5, 0.6) is 0 Å². The Bertz CT molecular complexity index is 604. The number of halogens is 1. The average molecular weight is 305 g/mol. The van der Waals surface area contributed by atoms with Gasteiger partial charge in [0, 0.05) is 12.2 Å². The van der Waals surface area contributed by atoms with E-state index in [9.17, 15) is 17.6 Å². The lowest BCUT2D eigenvalue weighted by Gasteiger charge is -2.10. The number of nitrogens with two attached hydrogens (primary N) is 2. The molecule has 0 heterocycles. The standard InChI is InChI=1S/C11H16FN3O4S/c1-7-4-8(12)10(5-9(7)13)20(17,18)15-2-3-19-6-11(14)16/h4-5,15H,2-3,6,13H2,1H3,(H2,14,16). The second-order valence-corrected chi connectivity index (χ2v) is 5.79. The van der Waals surface area contributed by atoms with Crippen molar-refractivity contribution in [3.63, 3.8) is 0 Å². The number of amides is 1. The molecule has 1 rings (SSSR count). The molecule has 112 valence electrons. The molecule has 1 aromatic rings. The summed E-state index contributed by atoms with van der Waals surface area (Å²) in [5.41, 5.74) is 11.0. The molecular formula is C11H16FN3O4S. The first-order valence-electron chi connectivity index (χ1n) is 5.65. The van der Waals surface area contributed by atoms with E-state index >= 15 is 0 Å². The van der Waals surface area contributed by atoms with E-state index in [2.05, 4.69) is 4.72 Å². The van der Waals surface area contributed by atoms with E-state index in [0.29, 0.717) is 5.56 Å². The van der Waals surface area contributed by atoms with E-state index in [1.807, 2.05) is 0 Å². The molecule has 0 radical (unpaired) electrons. The molecule has 1 aromatic carbocycles. The summed E-state index contributed by atoms with van der Waals surface area (Å²) in [6.45, 7) is 1.07. The van der Waals surface area contributed by atoms with Crippen molar-refractivity contribution < 1.29 is 22.3 Å². The second-order valence-electron chi connectivity index (χ2n) is 4.06. The number of carbonyl (C=O) groups is 1. The van der Waals surface area contributed by atoms with Gasteiger partial charge in [-0.05, 0) is 24.6 Å². The molecular weight excluding hydrogens is 289 g/mol. The first kappa shape index (κ1) is 16.3. The maximum atomic E-state index is 13.6. The Hall–Kier alpha value is -1.71. The summed E-state index contributed by atoms with van der Waals surface area (Å²) < 4.78 is 44.3. The van der Waals surface area contributed by atoms with Gasteiger partial charge in [0.2, 0.25) is 15.9 Å². The van der Waals surface area contributed by atoms with Crippen molar-refractivity contribution in [1.29, 1.82) is 0 Å². The zero-order chi connectivity index (χ0) is 15.3. The normalized spacial score (nSPS) is 11.5. The molecule has 1 amide bonds. The fourth-order valence-corrected chi connectivity index (χ4v) is 2.48. The van der Waals surface area contributed by atoms with Crippen LogP contribution in [0.15, 0.2) is 17.0 Å². The summed E-state index contributed by atoms with van der Waals surface area (Å²) in [6, 6.07) is 2.10. The van der Waals surface area contributed by atoms with Gasteiger partial charge in [0.05, 0.1) is 6.61 Å². The van der Waals surface area contributed by atoms with E-state index in [1.165, 1.54) is 0 Å². The summed E-state index contributed by atoms with van der Waals surface area (Å²) in [4.78, 5) is 9.86. The average Bonchev–Trinajstić information content (AvgIpc) is 2.32. The molecule has 0 spiro atoms. The molecule has 5 N–H and O–H groups in total. The van der Waals surface area contributed by atoms with Crippen LogP contribution < -0.4 is 16.2 Å². The topological polar surface area (TPSA) is 125 Å². The van der Waals surface area contributed by atoms with Gasteiger partial charge in [0.1, 0.15) is 17.3 Å². The largest absolute Gasteiger partial charge is 0.398 e. The van der Waals surface area contributed by atoms with Crippen molar-refractivity contribution in [2.75, 3.05) is 25.5 Å². The number of nitrogen functional groups attached to an aromatic ring is 1. The molecule has 0 atom stereocenters. The third-order valence-corrected chi connectivity index (χ3v) is 3.87. The number of sulfonamides is 1. The van der Waals surface area contributed by atoms with E-state index in [4.69, 9.17) is 16.2 Å². The Kier molecular flexibility index (Phi) is 5.43. The summed E-state index contributed by atoms with van der Waals surface area (Å²) in [5, 5.41) is 0. The smallest absolute Gasteiger partial charge is 0.243 e. The van der Waals surface area contributed by atoms with Gasteiger partial charge in [-0.15, -0.1) is 0 Å². The number of hydrogen-bond donors (Lipinski definition) is 3. The Morgan fingerprint density at radius 2 is 2.10 bits per heavy atom. The molecule has 7 nitrogen and oxygen atoms in total. The summed E-state index contributed by atoms with van der Waals surface area (Å²) in [5.74, 6) is -1.55. The van der Waals surface area contributed by atoms with Crippen LogP contribution in [0.1, 0.15) is 5.56 Å². The summed E-state index contributed by atoms with van der Waals surface area (Å²) >= 11 is 0. The number of carbonyl (C=O) groups excluding carboxylic acids is 1. The third-order valence-electron chi connectivity index (χ3n) is 2.39. The molecule has 0 saturated carbocycles. The predicted octanol–water partition coefficient (Wildman–Crippen LogP) is -0.503. The van der Waals surface area contributed by atoms with Gasteiger partial charge < -0.3 is 16.2 Å². The highest BCUT2D eigenvalue weighted by Crippen LogP contribution is 2.21.